The van der Waals surface area contributed by atoms with E-state index in [1.807, 2.05) is 4.90 Å². The minimum Gasteiger partial charge on any atom is -0.393 e. The maximum absolute atomic E-state index is 11.5. The van der Waals surface area contributed by atoms with Crippen LogP contribution >= 0.6 is 0 Å². The first-order valence-electron chi connectivity index (χ1n) is 5.09. The molecule has 1 fully saturated rings. The van der Waals surface area contributed by atoms with Gasteiger partial charge in [0.15, 0.2) is 0 Å². The van der Waals surface area contributed by atoms with Crippen LogP contribution in [0.3, 0.4) is 0 Å². The smallest absolute Gasteiger partial charge is 0.222 e. The maximum Gasteiger partial charge on any atom is 0.222 e. The molecule has 1 N–H and O–H groups in total. The molecule has 1 heterocycles. The molecule has 1 amide bonds. The quantitative estimate of drug-likeness (QED) is 0.716. The van der Waals surface area contributed by atoms with Gasteiger partial charge in [-0.3, -0.25) is 4.79 Å². The van der Waals surface area contributed by atoms with Gasteiger partial charge in [0.2, 0.25) is 5.91 Å². The van der Waals surface area contributed by atoms with E-state index in [9.17, 15) is 4.79 Å². The fourth-order valence-electron chi connectivity index (χ4n) is 1.76. The average molecular weight is 185 g/mol. The Morgan fingerprint density at radius 2 is 2.38 bits per heavy atom. The molecule has 3 nitrogen and oxygen atoms in total. The second-order valence-electron chi connectivity index (χ2n) is 3.97. The fourth-order valence-corrected chi connectivity index (χ4v) is 1.76. The van der Waals surface area contributed by atoms with E-state index in [-0.39, 0.29) is 12.0 Å². The highest BCUT2D eigenvalue weighted by Gasteiger charge is 2.24. The van der Waals surface area contributed by atoms with E-state index in [2.05, 4.69) is 6.92 Å². The summed E-state index contributed by atoms with van der Waals surface area (Å²) in [6.45, 7) is 4.55. The van der Waals surface area contributed by atoms with Gasteiger partial charge in [0.1, 0.15) is 0 Å². The van der Waals surface area contributed by atoms with Gasteiger partial charge < -0.3 is 10.0 Å². The van der Waals surface area contributed by atoms with Gasteiger partial charge in [-0.25, -0.2) is 0 Å². The van der Waals surface area contributed by atoms with Gasteiger partial charge in [-0.1, -0.05) is 0 Å². The van der Waals surface area contributed by atoms with Crippen molar-refractivity contribution in [3.05, 3.63) is 0 Å². The van der Waals surface area contributed by atoms with Gasteiger partial charge >= 0.3 is 0 Å². The van der Waals surface area contributed by atoms with Crippen LogP contribution in [0.5, 0.6) is 0 Å². The van der Waals surface area contributed by atoms with Gasteiger partial charge in [-0.2, -0.15) is 0 Å². The lowest BCUT2D eigenvalue weighted by molar-refractivity contribution is -0.136. The van der Waals surface area contributed by atoms with Crippen LogP contribution in [0.25, 0.3) is 0 Å². The van der Waals surface area contributed by atoms with Crippen LogP contribution in [-0.2, 0) is 4.79 Å². The minimum absolute atomic E-state index is 0.249. The molecule has 0 spiro atoms. The fraction of sp³-hybridized carbons (Fsp3) is 0.900. The summed E-state index contributed by atoms with van der Waals surface area (Å²) in [7, 11) is 0. The van der Waals surface area contributed by atoms with Crippen molar-refractivity contribution in [2.75, 3.05) is 6.54 Å². The molecule has 0 aromatic rings. The minimum atomic E-state index is -0.304. The molecular formula is C10H19NO2. The molecule has 1 saturated heterocycles. The molecule has 2 unspecified atom stereocenters. The summed E-state index contributed by atoms with van der Waals surface area (Å²) in [6, 6.07) is 0.361. The van der Waals surface area contributed by atoms with Crippen molar-refractivity contribution in [2.45, 2.75) is 51.7 Å². The summed E-state index contributed by atoms with van der Waals surface area (Å²) in [6.07, 6.45) is 3.19. The number of carbonyl (C=O) groups excluding carboxylic acids is 1. The Hall–Kier alpha value is -0.570. The molecule has 2 atom stereocenters. The van der Waals surface area contributed by atoms with E-state index in [4.69, 9.17) is 5.11 Å². The number of amides is 1. The predicted octanol–water partition coefficient (Wildman–Crippen LogP) is 1.16. The molecule has 0 saturated carbocycles. The third-order valence-electron chi connectivity index (χ3n) is 2.65. The highest BCUT2D eigenvalue weighted by atomic mass is 16.3. The van der Waals surface area contributed by atoms with Gasteiger partial charge in [-0.05, 0) is 33.1 Å². The molecule has 0 aromatic carbocycles. The van der Waals surface area contributed by atoms with Gasteiger partial charge in [0, 0.05) is 19.0 Å². The van der Waals surface area contributed by atoms with E-state index in [1.54, 1.807) is 6.92 Å². The van der Waals surface area contributed by atoms with Crippen LogP contribution in [0.2, 0.25) is 0 Å². The summed E-state index contributed by atoms with van der Waals surface area (Å²) in [5.74, 6) is 0.249. The highest BCUT2D eigenvalue weighted by Crippen LogP contribution is 2.17. The van der Waals surface area contributed by atoms with E-state index in [0.717, 1.165) is 12.8 Å². The Morgan fingerprint density at radius 1 is 1.69 bits per heavy atom. The molecular weight excluding hydrogens is 166 g/mol. The van der Waals surface area contributed by atoms with Crippen LogP contribution in [0.4, 0.5) is 0 Å². The third kappa shape index (κ3) is 2.99. The first-order chi connectivity index (χ1) is 6.11. The maximum atomic E-state index is 11.5. The van der Waals surface area contributed by atoms with Crippen LogP contribution in [0.1, 0.15) is 39.5 Å². The summed E-state index contributed by atoms with van der Waals surface area (Å²) in [4.78, 5) is 13.4. The number of aliphatic hydroxyl groups is 1. The average Bonchev–Trinajstić information content (AvgIpc) is 2.03. The number of rotatable bonds is 3. The number of nitrogens with zero attached hydrogens (tertiary/aromatic N) is 1. The molecule has 13 heavy (non-hydrogen) atoms. The summed E-state index contributed by atoms with van der Waals surface area (Å²) in [5.41, 5.74) is 0. The van der Waals surface area contributed by atoms with Gasteiger partial charge in [-0.15, -0.1) is 0 Å². The van der Waals surface area contributed by atoms with Crippen molar-refractivity contribution in [1.29, 1.82) is 0 Å². The largest absolute Gasteiger partial charge is 0.393 e. The van der Waals surface area contributed by atoms with Crippen molar-refractivity contribution in [2.24, 2.45) is 0 Å². The SMILES string of the molecule is CC(O)CCN1C(=O)CCCC1C. The zero-order valence-electron chi connectivity index (χ0n) is 8.49. The number of hydrogen-bond acceptors (Lipinski definition) is 2. The van der Waals surface area contributed by atoms with E-state index in [1.165, 1.54) is 0 Å². The lowest BCUT2D eigenvalue weighted by atomic mass is 10.0. The molecule has 0 aromatic heterocycles. The lowest BCUT2D eigenvalue weighted by Gasteiger charge is -2.33. The van der Waals surface area contributed by atoms with E-state index in [0.29, 0.717) is 25.4 Å². The monoisotopic (exact) mass is 185 g/mol. The predicted molar refractivity (Wildman–Crippen MR) is 51.3 cm³/mol. The number of hydrogen-bond donors (Lipinski definition) is 1. The summed E-state index contributed by atoms with van der Waals surface area (Å²) >= 11 is 0. The first kappa shape index (κ1) is 10.5. The number of piperidine rings is 1. The molecule has 1 rings (SSSR count). The Labute approximate surface area is 79.7 Å². The normalized spacial score (nSPS) is 26.2. The lowest BCUT2D eigenvalue weighted by Crippen LogP contribution is -2.43. The van der Waals surface area contributed by atoms with Crippen molar-refractivity contribution in [1.82, 2.24) is 4.90 Å². The topological polar surface area (TPSA) is 40.5 Å². The van der Waals surface area contributed by atoms with E-state index < -0.39 is 0 Å². The molecule has 1 aliphatic heterocycles. The molecule has 1 aliphatic rings. The zero-order valence-corrected chi connectivity index (χ0v) is 8.49. The Morgan fingerprint density at radius 3 is 2.92 bits per heavy atom. The van der Waals surface area contributed by atoms with Crippen molar-refractivity contribution in [3.63, 3.8) is 0 Å². The van der Waals surface area contributed by atoms with Crippen LogP contribution in [0.15, 0.2) is 0 Å². The van der Waals surface area contributed by atoms with Crippen LogP contribution in [-0.4, -0.2) is 34.6 Å². The van der Waals surface area contributed by atoms with E-state index >= 15 is 0 Å². The molecule has 76 valence electrons. The number of aliphatic hydroxyl groups excluding tert-OH is 1. The van der Waals surface area contributed by atoms with Crippen LogP contribution < -0.4 is 0 Å². The third-order valence-corrected chi connectivity index (χ3v) is 2.65. The second-order valence-corrected chi connectivity index (χ2v) is 3.97. The zero-order chi connectivity index (χ0) is 9.84. The van der Waals surface area contributed by atoms with Gasteiger partial charge in [0.25, 0.3) is 0 Å². The number of likely N-dealkylation sites (tertiary alicyclic amines) is 1. The summed E-state index contributed by atoms with van der Waals surface area (Å²) in [5, 5.41) is 9.12. The molecule has 3 heteroatoms. The molecule has 0 radical (unpaired) electrons. The van der Waals surface area contributed by atoms with Crippen molar-refractivity contribution < 1.29 is 9.90 Å². The second kappa shape index (κ2) is 4.61. The summed E-state index contributed by atoms with van der Waals surface area (Å²) < 4.78 is 0. The Balaban J connectivity index is 2.40. The van der Waals surface area contributed by atoms with Crippen molar-refractivity contribution in [3.8, 4) is 0 Å². The van der Waals surface area contributed by atoms with Crippen molar-refractivity contribution >= 4 is 5.91 Å². The van der Waals surface area contributed by atoms with Gasteiger partial charge in [0.05, 0.1) is 6.10 Å². The standard InChI is InChI=1S/C10H19NO2/c1-8-4-3-5-10(13)11(8)7-6-9(2)12/h8-9,12H,3-7H2,1-2H3. The highest BCUT2D eigenvalue weighted by molar-refractivity contribution is 5.77. The molecule has 0 bridgehead atoms. The Kier molecular flexibility index (Phi) is 3.72. The number of carbonyl (C=O) groups is 1. The molecule has 0 aliphatic carbocycles. The first-order valence-corrected chi connectivity index (χ1v) is 5.09. The Bertz CT molecular complexity index is 180. The van der Waals surface area contributed by atoms with Crippen LogP contribution in [0, 0.1) is 0 Å².